The average Bonchev–Trinajstić information content (AvgIpc) is 2.59. The zero-order valence-electron chi connectivity index (χ0n) is 11.5. The van der Waals surface area contributed by atoms with E-state index in [1.807, 2.05) is 0 Å². The van der Waals surface area contributed by atoms with Crippen molar-refractivity contribution in [2.75, 3.05) is 19.8 Å². The molecule has 0 aromatic carbocycles. The van der Waals surface area contributed by atoms with E-state index >= 15 is 0 Å². The Morgan fingerprint density at radius 2 is 1.72 bits per heavy atom. The summed E-state index contributed by atoms with van der Waals surface area (Å²) in [6.45, 7) is 3.82. The molecule has 2 saturated heterocycles. The van der Waals surface area contributed by atoms with Gasteiger partial charge in [0.2, 0.25) is 0 Å². The molecule has 0 aromatic rings. The lowest BCUT2D eigenvalue weighted by Crippen LogP contribution is -2.43. The molecule has 0 amide bonds. The van der Waals surface area contributed by atoms with Crippen molar-refractivity contribution in [2.24, 2.45) is 0 Å². The van der Waals surface area contributed by atoms with Crippen molar-refractivity contribution >= 4 is 0 Å². The molecule has 0 aromatic heterocycles. The molecule has 2 rings (SSSR count). The molecule has 2 aliphatic heterocycles. The molecular weight excluding hydrogens is 232 g/mol. The summed E-state index contributed by atoms with van der Waals surface area (Å²) in [5, 5.41) is 8.68. The van der Waals surface area contributed by atoms with Gasteiger partial charge in [-0.25, -0.2) is 0 Å². The number of aliphatic hydroxyl groups excluding tert-OH is 1. The number of hydrogen-bond donors (Lipinski definition) is 1. The zero-order valence-corrected chi connectivity index (χ0v) is 11.5. The van der Waals surface area contributed by atoms with E-state index in [0.717, 1.165) is 38.7 Å². The summed E-state index contributed by atoms with van der Waals surface area (Å²) in [6, 6.07) is 0. The topological polar surface area (TPSA) is 47.9 Å². The van der Waals surface area contributed by atoms with Crippen LogP contribution in [0.2, 0.25) is 0 Å². The molecule has 0 radical (unpaired) electrons. The maximum absolute atomic E-state index is 8.68. The second-order valence-corrected chi connectivity index (χ2v) is 5.72. The molecule has 0 aliphatic carbocycles. The molecule has 4 nitrogen and oxygen atoms in total. The Hall–Kier alpha value is -0.160. The van der Waals surface area contributed by atoms with Gasteiger partial charge >= 0.3 is 0 Å². The Morgan fingerprint density at radius 1 is 1.00 bits per heavy atom. The summed E-state index contributed by atoms with van der Waals surface area (Å²) in [4.78, 5) is 0. The third-order valence-electron chi connectivity index (χ3n) is 3.84. The molecule has 2 unspecified atom stereocenters. The van der Waals surface area contributed by atoms with Crippen molar-refractivity contribution in [1.29, 1.82) is 0 Å². The van der Waals surface area contributed by atoms with Crippen molar-refractivity contribution in [2.45, 2.75) is 69.9 Å². The predicted molar refractivity (Wildman–Crippen MR) is 68.1 cm³/mol. The summed E-state index contributed by atoms with van der Waals surface area (Å²) in [5.74, 6) is -0.738. The molecule has 2 atom stereocenters. The molecular formula is C14H26O4. The lowest BCUT2D eigenvalue weighted by atomic mass is 10.0. The molecule has 4 heteroatoms. The lowest BCUT2D eigenvalue weighted by Gasteiger charge is -2.35. The number of hydrogen-bond acceptors (Lipinski definition) is 4. The Morgan fingerprint density at radius 3 is 2.50 bits per heavy atom. The average molecular weight is 258 g/mol. The van der Waals surface area contributed by atoms with Gasteiger partial charge in [0.15, 0.2) is 0 Å². The van der Waals surface area contributed by atoms with Crippen LogP contribution in [-0.2, 0) is 14.2 Å². The lowest BCUT2D eigenvalue weighted by molar-refractivity contribution is -0.369. The molecule has 2 aliphatic rings. The summed E-state index contributed by atoms with van der Waals surface area (Å²) in [6.07, 6.45) is 8.50. The summed E-state index contributed by atoms with van der Waals surface area (Å²) < 4.78 is 17.4. The predicted octanol–water partition coefficient (Wildman–Crippen LogP) is 2.59. The van der Waals surface area contributed by atoms with E-state index in [1.54, 1.807) is 0 Å². The van der Waals surface area contributed by atoms with Crippen LogP contribution in [0.4, 0.5) is 0 Å². The Labute approximate surface area is 110 Å². The third kappa shape index (κ3) is 3.67. The highest BCUT2D eigenvalue weighted by atomic mass is 16.9. The van der Waals surface area contributed by atoms with Gasteiger partial charge < -0.3 is 19.3 Å². The van der Waals surface area contributed by atoms with Crippen LogP contribution in [0.3, 0.4) is 0 Å². The molecule has 1 N–H and O–H groups in total. The maximum Gasteiger partial charge on any atom is 0.283 e. The Kier molecular flexibility index (Phi) is 5.01. The third-order valence-corrected chi connectivity index (χ3v) is 3.84. The fourth-order valence-electron chi connectivity index (χ4n) is 2.67. The largest absolute Gasteiger partial charge is 0.396 e. The molecule has 0 spiro atoms. The van der Waals surface area contributed by atoms with Crippen LogP contribution < -0.4 is 0 Å². The second-order valence-electron chi connectivity index (χ2n) is 5.72. The molecule has 2 bridgehead atoms. The van der Waals surface area contributed by atoms with Crippen molar-refractivity contribution in [3.05, 3.63) is 0 Å². The van der Waals surface area contributed by atoms with E-state index in [4.69, 9.17) is 19.3 Å². The normalized spacial score (nSPS) is 35.0. The SMILES string of the molecule is CC12CCOC(CCCCCCCCO)(OC1)O2. The quantitative estimate of drug-likeness (QED) is 0.680. The van der Waals surface area contributed by atoms with Gasteiger partial charge in [0, 0.05) is 19.4 Å². The van der Waals surface area contributed by atoms with E-state index in [-0.39, 0.29) is 5.60 Å². The first-order valence-corrected chi connectivity index (χ1v) is 7.27. The standard InChI is InChI=1S/C14H26O4/c1-13-9-11-16-14(18-13,17-12-13)8-6-4-2-3-5-7-10-15/h15H,2-12H2,1H3. The van der Waals surface area contributed by atoms with E-state index < -0.39 is 5.97 Å². The summed E-state index contributed by atoms with van der Waals surface area (Å²) >= 11 is 0. The van der Waals surface area contributed by atoms with Crippen molar-refractivity contribution < 1.29 is 19.3 Å². The molecule has 2 heterocycles. The first-order valence-electron chi connectivity index (χ1n) is 7.27. The fraction of sp³-hybridized carbons (Fsp3) is 1.00. The van der Waals surface area contributed by atoms with E-state index in [1.165, 1.54) is 19.3 Å². The fourth-order valence-corrected chi connectivity index (χ4v) is 2.67. The number of ether oxygens (including phenoxy) is 3. The van der Waals surface area contributed by atoms with Gasteiger partial charge in [-0.15, -0.1) is 0 Å². The van der Waals surface area contributed by atoms with Crippen LogP contribution >= 0.6 is 0 Å². The van der Waals surface area contributed by atoms with Gasteiger partial charge in [0.05, 0.1) is 18.8 Å². The summed E-state index contributed by atoms with van der Waals surface area (Å²) in [5.41, 5.74) is -0.126. The number of rotatable bonds is 8. The van der Waals surface area contributed by atoms with Crippen LogP contribution in [0.15, 0.2) is 0 Å². The van der Waals surface area contributed by atoms with Gasteiger partial charge in [0.1, 0.15) is 0 Å². The minimum Gasteiger partial charge on any atom is -0.396 e. The van der Waals surface area contributed by atoms with Gasteiger partial charge in [0.25, 0.3) is 5.97 Å². The molecule has 106 valence electrons. The number of fused-ring (bicyclic) bond motifs is 2. The molecule has 0 saturated carbocycles. The highest BCUT2D eigenvalue weighted by molar-refractivity contribution is 4.87. The Bertz CT molecular complexity index is 258. The van der Waals surface area contributed by atoms with E-state index in [9.17, 15) is 0 Å². The van der Waals surface area contributed by atoms with Gasteiger partial charge in [-0.05, 0) is 19.8 Å². The monoisotopic (exact) mass is 258 g/mol. The van der Waals surface area contributed by atoms with Crippen LogP contribution in [0.1, 0.15) is 58.3 Å². The first kappa shape index (κ1) is 14.3. The van der Waals surface area contributed by atoms with Gasteiger partial charge in [-0.3, -0.25) is 0 Å². The summed E-state index contributed by atoms with van der Waals surface area (Å²) in [7, 11) is 0. The van der Waals surface area contributed by atoms with Crippen molar-refractivity contribution in [1.82, 2.24) is 0 Å². The zero-order chi connectivity index (χ0) is 12.9. The number of aliphatic hydroxyl groups is 1. The van der Waals surface area contributed by atoms with E-state index in [0.29, 0.717) is 13.2 Å². The van der Waals surface area contributed by atoms with Crippen LogP contribution in [0, 0.1) is 0 Å². The minimum atomic E-state index is -0.738. The van der Waals surface area contributed by atoms with Crippen molar-refractivity contribution in [3.8, 4) is 0 Å². The van der Waals surface area contributed by atoms with Crippen LogP contribution in [-0.4, -0.2) is 36.5 Å². The smallest absolute Gasteiger partial charge is 0.283 e. The molecule has 18 heavy (non-hydrogen) atoms. The van der Waals surface area contributed by atoms with Gasteiger partial charge in [-0.1, -0.05) is 25.7 Å². The Balaban J connectivity index is 1.59. The van der Waals surface area contributed by atoms with Crippen LogP contribution in [0.5, 0.6) is 0 Å². The molecule has 2 fully saturated rings. The highest BCUT2D eigenvalue weighted by Crippen LogP contribution is 2.41. The van der Waals surface area contributed by atoms with E-state index in [2.05, 4.69) is 6.92 Å². The van der Waals surface area contributed by atoms with Crippen molar-refractivity contribution in [3.63, 3.8) is 0 Å². The second kappa shape index (κ2) is 6.33. The maximum atomic E-state index is 8.68. The first-order chi connectivity index (χ1) is 8.68. The number of unbranched alkanes of at least 4 members (excludes halogenated alkanes) is 5. The minimum absolute atomic E-state index is 0.126. The van der Waals surface area contributed by atoms with Gasteiger partial charge in [-0.2, -0.15) is 0 Å². The highest BCUT2D eigenvalue weighted by Gasteiger charge is 2.52. The van der Waals surface area contributed by atoms with Crippen LogP contribution in [0.25, 0.3) is 0 Å².